The van der Waals surface area contributed by atoms with Crippen LogP contribution < -0.4 is 10.1 Å². The maximum absolute atomic E-state index is 13.7. The number of rotatable bonds is 6. The van der Waals surface area contributed by atoms with Gasteiger partial charge in [-0.25, -0.2) is 22.9 Å². The number of hydrogen-bond acceptors (Lipinski definition) is 6. The summed E-state index contributed by atoms with van der Waals surface area (Å²) in [5.41, 5.74) is -0.402. The van der Waals surface area contributed by atoms with Crippen LogP contribution in [0, 0.1) is 17.5 Å². The summed E-state index contributed by atoms with van der Waals surface area (Å²) in [5.74, 6) is -5.48. The third-order valence-corrected chi connectivity index (χ3v) is 4.42. The van der Waals surface area contributed by atoms with Crippen molar-refractivity contribution in [2.45, 2.75) is 13.0 Å². The fraction of sp³-hybridized carbons (Fsp3) is 0.167. The van der Waals surface area contributed by atoms with E-state index in [1.54, 1.807) is 30.3 Å². The molecular weight excluding hydrogens is 397 g/mol. The molecule has 0 saturated carbocycles. The predicted octanol–water partition coefficient (Wildman–Crippen LogP) is 3.66. The van der Waals surface area contributed by atoms with Gasteiger partial charge in [-0.05, 0) is 25.1 Å². The molecule has 0 radical (unpaired) electrons. The molecule has 1 atom stereocenters. The van der Waals surface area contributed by atoms with Crippen molar-refractivity contribution in [3.05, 3.63) is 53.8 Å². The Morgan fingerprint density at radius 3 is 2.61 bits per heavy atom. The topological polar surface area (TPSA) is 77.5 Å². The van der Waals surface area contributed by atoms with Crippen molar-refractivity contribution in [3.63, 3.8) is 0 Å². The average molecular weight is 410 g/mol. The molecule has 1 N–H and O–H groups in total. The first-order valence-electron chi connectivity index (χ1n) is 7.97. The molecule has 1 amide bonds. The van der Waals surface area contributed by atoms with Crippen molar-refractivity contribution >= 4 is 38.6 Å². The fourth-order valence-electron chi connectivity index (χ4n) is 2.19. The average Bonchev–Trinajstić information content (AvgIpc) is 3.07. The van der Waals surface area contributed by atoms with E-state index in [2.05, 4.69) is 10.3 Å². The van der Waals surface area contributed by atoms with E-state index in [0.29, 0.717) is 5.75 Å². The smallest absolute Gasteiger partial charge is 0.347 e. The van der Waals surface area contributed by atoms with Gasteiger partial charge in [0.2, 0.25) is 0 Å². The summed E-state index contributed by atoms with van der Waals surface area (Å²) in [6.45, 7) is 0.828. The number of benzene rings is 2. The number of para-hydroxylation sites is 1. The van der Waals surface area contributed by atoms with Crippen LogP contribution >= 0.6 is 11.3 Å². The Kier molecular flexibility index (Phi) is 5.78. The van der Waals surface area contributed by atoms with Crippen LogP contribution in [0.4, 0.5) is 18.3 Å². The van der Waals surface area contributed by atoms with Crippen molar-refractivity contribution in [2.24, 2.45) is 0 Å². The van der Waals surface area contributed by atoms with Crippen LogP contribution in [0.5, 0.6) is 5.75 Å². The third kappa shape index (κ3) is 4.39. The van der Waals surface area contributed by atoms with E-state index in [4.69, 9.17) is 9.47 Å². The molecule has 1 unspecified atom stereocenters. The molecule has 0 fully saturated rings. The highest BCUT2D eigenvalue weighted by atomic mass is 32.1. The lowest BCUT2D eigenvalue weighted by Crippen LogP contribution is -2.29. The zero-order valence-corrected chi connectivity index (χ0v) is 15.2. The highest BCUT2D eigenvalue weighted by molar-refractivity contribution is 7.22. The van der Waals surface area contributed by atoms with Crippen LogP contribution in [0.1, 0.15) is 6.92 Å². The second-order valence-corrected chi connectivity index (χ2v) is 6.61. The zero-order valence-electron chi connectivity index (χ0n) is 14.4. The molecule has 1 aromatic heterocycles. The molecule has 6 nitrogen and oxygen atoms in total. The second-order valence-electron chi connectivity index (χ2n) is 5.58. The van der Waals surface area contributed by atoms with Gasteiger partial charge < -0.3 is 9.47 Å². The van der Waals surface area contributed by atoms with Gasteiger partial charge in [0.1, 0.15) is 11.3 Å². The molecule has 0 bridgehead atoms. The number of halogens is 3. The largest absolute Gasteiger partial charge is 0.479 e. The van der Waals surface area contributed by atoms with Crippen molar-refractivity contribution < 1.29 is 32.2 Å². The van der Waals surface area contributed by atoms with Crippen LogP contribution in [-0.2, 0) is 14.3 Å². The summed E-state index contributed by atoms with van der Waals surface area (Å²) in [6.07, 6.45) is -0.947. The molecule has 0 aliphatic heterocycles. The summed E-state index contributed by atoms with van der Waals surface area (Å²) in [7, 11) is 0. The Morgan fingerprint density at radius 2 is 1.89 bits per heavy atom. The van der Waals surface area contributed by atoms with Crippen LogP contribution in [0.15, 0.2) is 36.4 Å². The minimum Gasteiger partial charge on any atom is -0.479 e. The standard InChI is InChI=1S/C18H13F3N2O4S/c1-9(27-10-5-3-2-4-6-10)17(25)26-8-13(24)22-18-23-16-12(28-18)7-11(19)14(20)15(16)21/h2-7,9H,8H2,1H3,(H,22,23,24). The highest BCUT2D eigenvalue weighted by Gasteiger charge is 2.20. The quantitative estimate of drug-likeness (QED) is 0.496. The molecule has 10 heteroatoms. The van der Waals surface area contributed by atoms with Crippen LogP contribution in [0.25, 0.3) is 10.2 Å². The SMILES string of the molecule is CC(Oc1ccccc1)C(=O)OCC(=O)Nc1nc2c(F)c(F)c(F)cc2s1. The van der Waals surface area contributed by atoms with E-state index in [1.165, 1.54) is 6.92 Å². The maximum atomic E-state index is 13.7. The maximum Gasteiger partial charge on any atom is 0.347 e. The molecule has 0 aliphatic rings. The Balaban J connectivity index is 1.56. The van der Waals surface area contributed by atoms with Gasteiger partial charge in [-0.15, -0.1) is 0 Å². The number of nitrogens with one attached hydrogen (secondary N) is 1. The first kappa shape index (κ1) is 19.6. The van der Waals surface area contributed by atoms with E-state index < -0.39 is 47.6 Å². The minimum atomic E-state index is -1.64. The minimum absolute atomic E-state index is 0.0218. The van der Waals surface area contributed by atoms with E-state index in [9.17, 15) is 22.8 Å². The summed E-state index contributed by atoms with van der Waals surface area (Å²) < 4.78 is 50.4. The zero-order chi connectivity index (χ0) is 20.3. The van der Waals surface area contributed by atoms with Crippen molar-refractivity contribution in [3.8, 4) is 5.75 Å². The number of anilines is 1. The van der Waals surface area contributed by atoms with Gasteiger partial charge in [0.15, 0.2) is 35.3 Å². The summed E-state index contributed by atoms with van der Waals surface area (Å²) in [4.78, 5) is 27.5. The molecule has 3 aromatic rings. The lowest BCUT2D eigenvalue weighted by atomic mass is 10.3. The Hall–Kier alpha value is -3.14. The molecule has 1 heterocycles. The van der Waals surface area contributed by atoms with Gasteiger partial charge in [-0.3, -0.25) is 10.1 Å². The number of thiazole rings is 1. The molecule has 0 spiro atoms. The van der Waals surface area contributed by atoms with Crippen molar-refractivity contribution in [1.29, 1.82) is 0 Å². The Bertz CT molecular complexity index is 1030. The molecule has 0 aliphatic carbocycles. The molecule has 3 rings (SSSR count). The van der Waals surface area contributed by atoms with Gasteiger partial charge in [-0.2, -0.15) is 0 Å². The van der Waals surface area contributed by atoms with Crippen molar-refractivity contribution in [2.75, 3.05) is 11.9 Å². The van der Waals surface area contributed by atoms with Crippen molar-refractivity contribution in [1.82, 2.24) is 4.98 Å². The molecular formula is C18H13F3N2O4S. The number of nitrogens with zero attached hydrogens (tertiary/aromatic N) is 1. The Labute approximate surface area is 160 Å². The van der Waals surface area contributed by atoms with Crippen LogP contribution in [0.3, 0.4) is 0 Å². The first-order chi connectivity index (χ1) is 13.3. The first-order valence-corrected chi connectivity index (χ1v) is 8.79. The fourth-order valence-corrected chi connectivity index (χ4v) is 3.09. The number of hydrogen-bond donors (Lipinski definition) is 1. The normalized spacial score (nSPS) is 11.9. The van der Waals surface area contributed by atoms with E-state index in [1.807, 2.05) is 0 Å². The number of amides is 1. The number of esters is 1. The van der Waals surface area contributed by atoms with Gasteiger partial charge in [-0.1, -0.05) is 29.5 Å². The Morgan fingerprint density at radius 1 is 1.18 bits per heavy atom. The van der Waals surface area contributed by atoms with Gasteiger partial charge in [0.05, 0.1) is 4.70 Å². The summed E-state index contributed by atoms with van der Waals surface area (Å²) >= 11 is 0.750. The summed E-state index contributed by atoms with van der Waals surface area (Å²) in [5, 5.41) is 2.19. The molecule has 28 heavy (non-hydrogen) atoms. The van der Waals surface area contributed by atoms with E-state index in [-0.39, 0.29) is 9.83 Å². The highest BCUT2D eigenvalue weighted by Crippen LogP contribution is 2.30. The van der Waals surface area contributed by atoms with Crippen LogP contribution in [-0.4, -0.2) is 29.6 Å². The second kappa shape index (κ2) is 8.26. The molecule has 146 valence electrons. The monoisotopic (exact) mass is 410 g/mol. The third-order valence-electron chi connectivity index (χ3n) is 3.50. The summed E-state index contributed by atoms with van der Waals surface area (Å²) in [6, 6.07) is 9.36. The predicted molar refractivity (Wildman–Crippen MR) is 95.6 cm³/mol. The number of carbonyl (C=O) groups excluding carboxylic acids is 2. The molecule has 0 saturated heterocycles. The van der Waals surface area contributed by atoms with Gasteiger partial charge >= 0.3 is 5.97 Å². The van der Waals surface area contributed by atoms with Gasteiger partial charge in [0, 0.05) is 0 Å². The van der Waals surface area contributed by atoms with Crippen LogP contribution in [0.2, 0.25) is 0 Å². The number of aromatic nitrogens is 1. The number of ether oxygens (including phenoxy) is 2. The lowest BCUT2D eigenvalue weighted by molar-refractivity contribution is -0.153. The lowest BCUT2D eigenvalue weighted by Gasteiger charge is -2.13. The molecule has 2 aromatic carbocycles. The number of carbonyl (C=O) groups is 2. The van der Waals surface area contributed by atoms with E-state index >= 15 is 0 Å². The van der Waals surface area contributed by atoms with E-state index in [0.717, 1.165) is 17.4 Å². The van der Waals surface area contributed by atoms with Gasteiger partial charge in [0.25, 0.3) is 5.91 Å². The number of fused-ring (bicyclic) bond motifs is 1.